The highest BCUT2D eigenvalue weighted by atomic mass is 33.1. The van der Waals surface area contributed by atoms with E-state index in [0.29, 0.717) is 42.2 Å². The van der Waals surface area contributed by atoms with E-state index >= 15 is 0 Å². The number of hydrogen-bond donors (Lipinski definition) is 5. The molecule has 6 bridgehead atoms. The van der Waals surface area contributed by atoms with E-state index in [-0.39, 0.29) is 53.7 Å². The topological polar surface area (TPSA) is 145 Å². The summed E-state index contributed by atoms with van der Waals surface area (Å²) in [7, 11) is 5.46. The van der Waals surface area contributed by atoms with Gasteiger partial charge in [0.15, 0.2) is 11.5 Å². The summed E-state index contributed by atoms with van der Waals surface area (Å²) in [5.74, 6) is 11.4. The highest BCUT2D eigenvalue weighted by Gasteiger charge is 2.51. The minimum absolute atomic E-state index is 0.0668. The number of allylic oxidation sites excluding steroid dienone is 3. The quantitative estimate of drug-likeness (QED) is 0.0967. The van der Waals surface area contributed by atoms with Gasteiger partial charge in [-0.05, 0) is 116 Å². The zero-order valence-corrected chi connectivity index (χ0v) is 39.1. The SMILES string of the molecule is CCC1=CC2=C(C#CCc3cc(O)c4c(c3[C@H]3Oc5c(ccc6c5[C@@]5(CC[C@H](C2)C5)Cc2cc(O)cc(OC)c2-6)[C@@H]3COC(C)=O)C=C[C@@H]2N[C@@H]3CCC[C@H](CSSC[C@@H]2O4)C3)NC1N. The monoisotopic (exact) mass is 913 g/mol. The lowest BCUT2D eigenvalue weighted by atomic mass is 9.65. The Labute approximate surface area is 389 Å². The normalized spacial score (nSPS) is 30.6. The first-order valence-corrected chi connectivity index (χ1v) is 26.1. The average Bonchev–Trinajstić information content (AvgIpc) is 3.80. The lowest BCUT2D eigenvalue weighted by molar-refractivity contribution is -0.141. The van der Waals surface area contributed by atoms with Crippen molar-refractivity contribution in [1.82, 2.24) is 10.6 Å². The Morgan fingerprint density at radius 2 is 1.94 bits per heavy atom. The molecule has 1 spiro atoms. The number of nitrogens with two attached hydrogens (primary N) is 1. The highest BCUT2D eigenvalue weighted by molar-refractivity contribution is 8.76. The van der Waals surface area contributed by atoms with E-state index in [0.717, 1.165) is 118 Å². The summed E-state index contributed by atoms with van der Waals surface area (Å²) in [6.07, 6.45) is 15.8. The van der Waals surface area contributed by atoms with Crippen LogP contribution in [0.3, 0.4) is 0 Å². The van der Waals surface area contributed by atoms with Crippen LogP contribution in [0.1, 0.15) is 117 Å². The summed E-state index contributed by atoms with van der Waals surface area (Å²) in [5, 5.41) is 30.7. The lowest BCUT2D eigenvalue weighted by Crippen LogP contribution is -2.49. The molecule has 0 radical (unpaired) electrons. The van der Waals surface area contributed by atoms with Crippen LogP contribution in [-0.4, -0.2) is 65.8 Å². The summed E-state index contributed by atoms with van der Waals surface area (Å²) < 4.78 is 26.7. The summed E-state index contributed by atoms with van der Waals surface area (Å²) >= 11 is 0. The van der Waals surface area contributed by atoms with Gasteiger partial charge in [-0.15, -0.1) is 0 Å². The first-order chi connectivity index (χ1) is 31.6. The molecule has 0 aromatic heterocycles. The van der Waals surface area contributed by atoms with Gasteiger partial charge < -0.3 is 45.5 Å². The number of dihydropyridines is 1. The molecular formula is C53H59N3O7S2. The molecule has 11 rings (SSSR count). The Balaban J connectivity index is 1.13. The van der Waals surface area contributed by atoms with Crippen molar-refractivity contribution in [2.24, 2.45) is 17.6 Å². The number of fused-ring (bicyclic) bond motifs is 11. The minimum Gasteiger partial charge on any atom is -0.508 e. The van der Waals surface area contributed by atoms with Crippen LogP contribution in [0.25, 0.3) is 17.2 Å². The number of phenols is 2. The fourth-order valence-corrected chi connectivity index (χ4v) is 15.3. The largest absolute Gasteiger partial charge is 0.508 e. The van der Waals surface area contributed by atoms with Crippen molar-refractivity contribution >= 4 is 33.6 Å². The van der Waals surface area contributed by atoms with Crippen LogP contribution in [0, 0.1) is 23.7 Å². The van der Waals surface area contributed by atoms with Crippen LogP contribution in [0.2, 0.25) is 0 Å². The summed E-state index contributed by atoms with van der Waals surface area (Å²) in [4.78, 5) is 12.7. The number of benzene rings is 3. The van der Waals surface area contributed by atoms with Gasteiger partial charge >= 0.3 is 5.97 Å². The van der Waals surface area contributed by atoms with Gasteiger partial charge in [0.05, 0.1) is 30.9 Å². The smallest absolute Gasteiger partial charge is 0.302 e. The molecule has 3 aliphatic carbocycles. The second kappa shape index (κ2) is 17.2. The molecule has 2 saturated carbocycles. The van der Waals surface area contributed by atoms with Gasteiger partial charge in [-0.3, -0.25) is 4.79 Å². The van der Waals surface area contributed by atoms with E-state index in [1.54, 1.807) is 13.2 Å². The Bertz CT molecular complexity index is 2610. The molecule has 9 atom stereocenters. The van der Waals surface area contributed by atoms with E-state index in [4.69, 9.17) is 24.7 Å². The molecule has 65 heavy (non-hydrogen) atoms. The highest BCUT2D eigenvalue weighted by Crippen LogP contribution is 2.63. The molecule has 12 heteroatoms. The van der Waals surface area contributed by atoms with Crippen LogP contribution in [0.5, 0.6) is 28.7 Å². The predicted molar refractivity (Wildman–Crippen MR) is 257 cm³/mol. The molecule has 340 valence electrons. The number of methoxy groups -OCH3 is 1. The van der Waals surface area contributed by atoms with Gasteiger partial charge in [0.1, 0.15) is 36.1 Å². The Morgan fingerprint density at radius 3 is 2.78 bits per heavy atom. The fourth-order valence-electron chi connectivity index (χ4n) is 12.6. The van der Waals surface area contributed by atoms with Crippen LogP contribution < -0.4 is 30.6 Å². The molecule has 3 aromatic carbocycles. The lowest BCUT2D eigenvalue weighted by Gasteiger charge is -2.39. The molecule has 0 amide bonds. The van der Waals surface area contributed by atoms with E-state index in [1.807, 2.05) is 33.7 Å². The van der Waals surface area contributed by atoms with Gasteiger partial charge in [-0.1, -0.05) is 71.2 Å². The Morgan fingerprint density at radius 1 is 1.06 bits per heavy atom. The number of rotatable bonds is 4. The summed E-state index contributed by atoms with van der Waals surface area (Å²) in [6, 6.07) is 10.1. The first-order valence-electron chi connectivity index (χ1n) is 23.7. The number of phenolic OH excluding ortho intramolecular Hbond substituents is 2. The number of aromatic hydroxyl groups is 2. The zero-order chi connectivity index (χ0) is 44.6. The number of carbonyl (C=O) groups excluding carboxylic acids is 1. The van der Waals surface area contributed by atoms with Crippen molar-refractivity contribution in [2.45, 2.75) is 126 Å². The number of hydrogen-bond acceptors (Lipinski definition) is 12. The second-order valence-electron chi connectivity index (χ2n) is 19.6. The van der Waals surface area contributed by atoms with Gasteiger partial charge in [-0.2, -0.15) is 0 Å². The molecular weight excluding hydrogens is 855 g/mol. The molecule has 5 heterocycles. The number of esters is 1. The molecule has 1 unspecified atom stereocenters. The van der Waals surface area contributed by atoms with Gasteiger partial charge in [0.25, 0.3) is 0 Å². The third-order valence-corrected chi connectivity index (χ3v) is 18.1. The Hall–Kier alpha value is -4.67. The van der Waals surface area contributed by atoms with Crippen molar-refractivity contribution in [3.63, 3.8) is 0 Å². The third kappa shape index (κ3) is 7.68. The molecule has 6 N–H and O–H groups in total. The molecule has 8 aliphatic rings. The zero-order valence-electron chi connectivity index (χ0n) is 37.5. The third-order valence-electron chi connectivity index (χ3n) is 15.6. The Kier molecular flexibility index (Phi) is 11.4. The van der Waals surface area contributed by atoms with Gasteiger partial charge in [0.2, 0.25) is 0 Å². The molecule has 1 saturated heterocycles. The summed E-state index contributed by atoms with van der Waals surface area (Å²) in [5.41, 5.74) is 17.3. The van der Waals surface area contributed by atoms with Crippen LogP contribution in [0.4, 0.5) is 0 Å². The van der Waals surface area contributed by atoms with Crippen LogP contribution >= 0.6 is 21.6 Å². The molecule has 10 nitrogen and oxygen atoms in total. The maximum Gasteiger partial charge on any atom is 0.302 e. The van der Waals surface area contributed by atoms with Crippen molar-refractivity contribution < 1.29 is 34.0 Å². The first kappa shape index (κ1) is 42.9. The van der Waals surface area contributed by atoms with E-state index < -0.39 is 6.10 Å². The number of nitrogens with one attached hydrogen (secondary N) is 2. The van der Waals surface area contributed by atoms with Gasteiger partial charge in [-0.25, -0.2) is 0 Å². The fraction of sp³-hybridized carbons (Fsp3) is 0.491. The predicted octanol–water partition coefficient (Wildman–Crippen LogP) is 9.26. The van der Waals surface area contributed by atoms with E-state index in [9.17, 15) is 15.0 Å². The summed E-state index contributed by atoms with van der Waals surface area (Å²) in [6.45, 7) is 3.71. The minimum atomic E-state index is -0.613. The van der Waals surface area contributed by atoms with Crippen molar-refractivity contribution in [3.05, 3.63) is 92.7 Å². The number of ether oxygens (including phenoxy) is 4. The maximum atomic E-state index is 12.7. The van der Waals surface area contributed by atoms with Crippen LogP contribution in [0.15, 0.2) is 59.3 Å². The standard InChI is InChI=1S/C53H59N3O7S2/c1-4-31-19-33-17-29-15-16-53(23-29)24-34-20-36(58)22-44(60-3)46(34)38-12-11-37-40(25-61-28(2)57)50(63-51(37)48(38)53)47-32(8-6-10-41(33)56-52(31)54)21-43(59)49-39(47)13-14-42-45(62-49)27-65-64-26-30-7-5-9-35(18-30)55-42/h11-14,19-22,29-30,35,40,42,45,50,52,55-56,58-59H,4-5,7-9,15-18,23-27,54H2,1-3H3/t29-,30+,35-,40+,42+,45+,50+,52?,53-/m1/s1. The van der Waals surface area contributed by atoms with Crippen molar-refractivity contribution in [3.8, 4) is 51.7 Å². The van der Waals surface area contributed by atoms with Crippen LogP contribution in [-0.2, 0) is 27.8 Å². The maximum absolute atomic E-state index is 12.7. The molecule has 3 aromatic rings. The van der Waals surface area contributed by atoms with Gasteiger partial charge in [0, 0.05) is 70.2 Å². The molecule has 3 fully saturated rings. The average molecular weight is 914 g/mol. The number of carbonyl (C=O) groups is 1. The van der Waals surface area contributed by atoms with Crippen molar-refractivity contribution in [1.29, 1.82) is 0 Å². The second-order valence-corrected chi connectivity index (χ2v) is 22.1. The van der Waals surface area contributed by atoms with Crippen molar-refractivity contribution in [2.75, 3.05) is 25.2 Å². The molecule has 5 aliphatic heterocycles. The van der Waals surface area contributed by atoms with E-state index in [1.165, 1.54) is 25.3 Å². The van der Waals surface area contributed by atoms with E-state index in [2.05, 4.69) is 59.8 Å².